The lowest BCUT2D eigenvalue weighted by Crippen LogP contribution is -2.63. The lowest BCUT2D eigenvalue weighted by atomic mass is 9.98. The van der Waals surface area contributed by atoms with Crippen molar-refractivity contribution in [2.24, 2.45) is 0 Å². The third-order valence-corrected chi connectivity index (χ3v) is 6.22. The summed E-state index contributed by atoms with van der Waals surface area (Å²) in [4.78, 5) is 23.3. The van der Waals surface area contributed by atoms with Gasteiger partial charge in [-0.05, 0) is 26.7 Å². The summed E-state index contributed by atoms with van der Waals surface area (Å²) in [6.45, 7) is 6.38. The van der Waals surface area contributed by atoms with Crippen LogP contribution in [0, 0.1) is 0 Å². The van der Waals surface area contributed by atoms with Gasteiger partial charge in [-0.25, -0.2) is 0 Å². The van der Waals surface area contributed by atoms with Gasteiger partial charge in [-0.2, -0.15) is 0 Å². The summed E-state index contributed by atoms with van der Waals surface area (Å²) < 4.78 is 27.9. The van der Waals surface area contributed by atoms with Crippen molar-refractivity contribution < 1.29 is 63.9 Å². The molecular formula is C22H38O13. The lowest BCUT2D eigenvalue weighted by molar-refractivity contribution is -0.366. The molecular weight excluding hydrogens is 472 g/mol. The van der Waals surface area contributed by atoms with Gasteiger partial charge in [-0.3, -0.25) is 9.59 Å². The second-order valence-corrected chi connectivity index (χ2v) is 8.96. The number of ether oxygens (including phenoxy) is 5. The molecule has 6 N–H and O–H groups in total. The van der Waals surface area contributed by atoms with Crippen molar-refractivity contribution in [3.05, 3.63) is 0 Å². The van der Waals surface area contributed by atoms with Crippen molar-refractivity contribution in [2.45, 2.75) is 127 Å². The Bertz CT molecular complexity index is 690. The van der Waals surface area contributed by atoms with Crippen LogP contribution in [-0.4, -0.2) is 116 Å². The molecule has 2 aliphatic rings. The molecule has 0 saturated carbocycles. The third kappa shape index (κ3) is 7.78. The van der Waals surface area contributed by atoms with E-state index in [1.807, 2.05) is 0 Å². The molecule has 204 valence electrons. The number of carboxylic acids is 1. The van der Waals surface area contributed by atoms with Gasteiger partial charge in [0, 0.05) is 0 Å². The van der Waals surface area contributed by atoms with E-state index < -0.39 is 85.6 Å². The molecule has 6 unspecified atom stereocenters. The smallest absolute Gasteiger partial charge is 0.308 e. The van der Waals surface area contributed by atoms with Gasteiger partial charge in [0.1, 0.15) is 42.7 Å². The van der Waals surface area contributed by atoms with Crippen molar-refractivity contribution in [1.29, 1.82) is 0 Å². The van der Waals surface area contributed by atoms with Gasteiger partial charge in [-0.15, -0.1) is 0 Å². The minimum absolute atomic E-state index is 0.239. The van der Waals surface area contributed by atoms with Gasteiger partial charge >= 0.3 is 11.9 Å². The fourth-order valence-corrected chi connectivity index (χ4v) is 3.90. The van der Waals surface area contributed by atoms with Crippen LogP contribution < -0.4 is 0 Å². The maximum atomic E-state index is 12.4. The number of carbonyl (C=O) groups excluding carboxylic acids is 1. The first kappa shape index (κ1) is 29.8. The Kier molecular flexibility index (Phi) is 11.3. The molecule has 13 heteroatoms. The first-order valence-corrected chi connectivity index (χ1v) is 11.8. The Balaban J connectivity index is 2.10. The van der Waals surface area contributed by atoms with Crippen molar-refractivity contribution in [3.8, 4) is 0 Å². The highest BCUT2D eigenvalue weighted by Crippen LogP contribution is 2.30. The Hall–Kier alpha value is -1.42. The summed E-state index contributed by atoms with van der Waals surface area (Å²) >= 11 is 0. The fourth-order valence-electron chi connectivity index (χ4n) is 3.90. The fraction of sp³-hybridized carbons (Fsp3) is 0.909. The Labute approximate surface area is 203 Å². The molecule has 0 bridgehead atoms. The number of esters is 1. The van der Waals surface area contributed by atoms with E-state index in [-0.39, 0.29) is 12.8 Å². The van der Waals surface area contributed by atoms with Crippen LogP contribution >= 0.6 is 0 Å². The molecule has 2 saturated heterocycles. The van der Waals surface area contributed by atoms with E-state index in [0.29, 0.717) is 12.8 Å². The van der Waals surface area contributed by atoms with Crippen LogP contribution in [-0.2, 0) is 33.3 Å². The highest BCUT2D eigenvalue weighted by Gasteiger charge is 2.50. The molecule has 0 aromatic rings. The number of aliphatic hydroxyl groups excluding tert-OH is 5. The summed E-state index contributed by atoms with van der Waals surface area (Å²) in [6.07, 6.45) is -15.0. The van der Waals surface area contributed by atoms with Crippen molar-refractivity contribution >= 4 is 11.9 Å². The molecule has 13 nitrogen and oxygen atoms in total. The molecule has 2 aliphatic heterocycles. The quantitative estimate of drug-likeness (QED) is 0.178. The number of hydrogen-bond acceptors (Lipinski definition) is 12. The first-order chi connectivity index (χ1) is 16.4. The molecule has 0 amide bonds. The van der Waals surface area contributed by atoms with Crippen molar-refractivity contribution in [1.82, 2.24) is 0 Å². The molecule has 0 aliphatic carbocycles. The Morgan fingerprint density at radius 2 is 1.31 bits per heavy atom. The predicted molar refractivity (Wildman–Crippen MR) is 116 cm³/mol. The molecule has 0 aromatic carbocycles. The van der Waals surface area contributed by atoms with Gasteiger partial charge in [-0.1, -0.05) is 13.8 Å². The highest BCUT2D eigenvalue weighted by molar-refractivity contribution is 5.71. The zero-order valence-corrected chi connectivity index (χ0v) is 20.3. The van der Waals surface area contributed by atoms with Crippen LogP contribution in [0.25, 0.3) is 0 Å². The van der Waals surface area contributed by atoms with Crippen LogP contribution in [0.1, 0.15) is 53.4 Å². The molecule has 0 spiro atoms. The van der Waals surface area contributed by atoms with Gasteiger partial charge in [0.25, 0.3) is 0 Å². The van der Waals surface area contributed by atoms with E-state index in [1.165, 1.54) is 13.8 Å². The second-order valence-electron chi connectivity index (χ2n) is 8.96. The molecule has 2 fully saturated rings. The number of hydrogen-bond donors (Lipinski definition) is 6. The zero-order valence-electron chi connectivity index (χ0n) is 20.3. The summed E-state index contributed by atoms with van der Waals surface area (Å²) in [5, 5.41) is 60.1. The Morgan fingerprint density at radius 3 is 1.86 bits per heavy atom. The summed E-state index contributed by atoms with van der Waals surface area (Å²) in [5.41, 5.74) is 0. The number of carbonyl (C=O) groups is 2. The van der Waals surface area contributed by atoms with E-state index >= 15 is 0 Å². The van der Waals surface area contributed by atoms with Crippen LogP contribution in [0.15, 0.2) is 0 Å². The summed E-state index contributed by atoms with van der Waals surface area (Å²) in [6, 6.07) is 0. The molecule has 0 radical (unpaired) electrons. The van der Waals surface area contributed by atoms with E-state index in [1.54, 1.807) is 13.8 Å². The average Bonchev–Trinajstić information content (AvgIpc) is 2.80. The van der Waals surface area contributed by atoms with Crippen LogP contribution in [0.5, 0.6) is 0 Å². The van der Waals surface area contributed by atoms with Crippen LogP contribution in [0.2, 0.25) is 0 Å². The zero-order chi connectivity index (χ0) is 26.4. The largest absolute Gasteiger partial charge is 0.481 e. The van der Waals surface area contributed by atoms with E-state index in [2.05, 4.69) is 0 Å². The Morgan fingerprint density at radius 1 is 0.771 bits per heavy atom. The molecule has 2 heterocycles. The van der Waals surface area contributed by atoms with E-state index in [0.717, 1.165) is 0 Å². The minimum atomic E-state index is -1.66. The maximum absolute atomic E-state index is 12.4. The highest BCUT2D eigenvalue weighted by atomic mass is 16.8. The molecule has 0 aromatic heterocycles. The first-order valence-electron chi connectivity index (χ1n) is 11.8. The number of rotatable bonds is 11. The average molecular weight is 511 g/mol. The molecule has 35 heavy (non-hydrogen) atoms. The monoisotopic (exact) mass is 510 g/mol. The third-order valence-electron chi connectivity index (χ3n) is 6.22. The van der Waals surface area contributed by atoms with Gasteiger partial charge in [0.05, 0.1) is 31.2 Å². The standard InChI is InChI=1S/C22H38O13/c1-5-11(7-13(23)24)33-14(25)8-12(6-2)34-22-20(18(29)16(27)10(4)32-22)35-21-19(30)17(28)15(26)9(3)31-21/h9-12,15-22,26-30H,5-8H2,1-4H3,(H,23,24)/t9?,10?,11?,12?,15-,16-,17-,18-,19?,20?,21-,22-/m0/s1. The topological polar surface area (TPSA) is 202 Å². The molecule has 12 atom stereocenters. The number of carboxylic acid groups (broad SMARTS) is 1. The summed E-state index contributed by atoms with van der Waals surface area (Å²) in [5.74, 6) is -1.77. The van der Waals surface area contributed by atoms with E-state index in [9.17, 15) is 35.1 Å². The number of aliphatic carboxylic acids is 1. The number of aliphatic hydroxyl groups is 5. The van der Waals surface area contributed by atoms with Crippen LogP contribution in [0.4, 0.5) is 0 Å². The second kappa shape index (κ2) is 13.2. The van der Waals surface area contributed by atoms with Crippen molar-refractivity contribution in [2.75, 3.05) is 0 Å². The SMILES string of the molecule is CCC(CC(=O)O)OC(=O)CC(CC)O[C@@H]1OC(C)[C@H](O)[C@H](O)C1O[C@@H]1OC(C)[C@H](O)[C@H](O)C1O. The van der Waals surface area contributed by atoms with E-state index in [4.69, 9.17) is 28.8 Å². The summed E-state index contributed by atoms with van der Waals surface area (Å²) in [7, 11) is 0. The minimum Gasteiger partial charge on any atom is -0.481 e. The predicted octanol–water partition coefficient (Wildman–Crippen LogP) is -1.35. The van der Waals surface area contributed by atoms with Gasteiger partial charge < -0.3 is 54.3 Å². The van der Waals surface area contributed by atoms with Gasteiger partial charge in [0.15, 0.2) is 12.6 Å². The van der Waals surface area contributed by atoms with Gasteiger partial charge in [0.2, 0.25) is 0 Å². The van der Waals surface area contributed by atoms with Crippen molar-refractivity contribution in [3.63, 3.8) is 0 Å². The lowest BCUT2D eigenvalue weighted by Gasteiger charge is -2.46. The molecule has 2 rings (SSSR count). The van der Waals surface area contributed by atoms with Crippen LogP contribution in [0.3, 0.4) is 0 Å². The normalized spacial score (nSPS) is 39.6. The maximum Gasteiger partial charge on any atom is 0.308 e.